The molecule has 0 radical (unpaired) electrons. The first kappa shape index (κ1) is 12.5. The minimum atomic E-state index is 0.119. The largest absolute Gasteiger partial charge is 0.354 e. The third-order valence-corrected chi connectivity index (χ3v) is 4.15. The summed E-state index contributed by atoms with van der Waals surface area (Å²) in [5.41, 5.74) is 0.473. The molecule has 1 rings (SSSR count). The van der Waals surface area contributed by atoms with Gasteiger partial charge in [0.1, 0.15) is 0 Å². The van der Waals surface area contributed by atoms with Gasteiger partial charge in [0.25, 0.3) is 0 Å². The molecular formula is C13H25NO. The molecule has 0 bridgehead atoms. The summed E-state index contributed by atoms with van der Waals surface area (Å²) >= 11 is 0. The molecule has 1 fully saturated rings. The highest BCUT2D eigenvalue weighted by Gasteiger charge is 2.31. The lowest BCUT2D eigenvalue weighted by atomic mass is 9.69. The van der Waals surface area contributed by atoms with E-state index in [1.54, 1.807) is 6.92 Å². The maximum Gasteiger partial charge on any atom is 0.217 e. The fourth-order valence-corrected chi connectivity index (χ4v) is 2.60. The predicted octanol–water partition coefficient (Wildman–Crippen LogP) is 3.12. The summed E-state index contributed by atoms with van der Waals surface area (Å²) in [4.78, 5) is 10.9. The van der Waals surface area contributed by atoms with Crippen LogP contribution in [-0.2, 0) is 4.79 Å². The van der Waals surface area contributed by atoms with Crippen LogP contribution < -0.4 is 5.32 Å². The molecule has 1 aliphatic rings. The molecule has 0 aliphatic heterocycles. The molecule has 1 N–H and O–H groups in total. The average molecular weight is 211 g/mol. The van der Waals surface area contributed by atoms with Crippen LogP contribution in [-0.4, -0.2) is 11.9 Å². The van der Waals surface area contributed by atoms with Crippen LogP contribution >= 0.6 is 0 Å². The third-order valence-electron chi connectivity index (χ3n) is 4.15. The van der Waals surface area contributed by atoms with Gasteiger partial charge in [0, 0.05) is 13.0 Å². The molecule has 2 nitrogen and oxygen atoms in total. The minimum absolute atomic E-state index is 0.119. The summed E-state index contributed by atoms with van der Waals surface area (Å²) < 4.78 is 0. The van der Waals surface area contributed by atoms with Gasteiger partial charge in [0.15, 0.2) is 0 Å². The van der Waals surface area contributed by atoms with Crippen molar-refractivity contribution >= 4 is 5.91 Å². The summed E-state index contributed by atoms with van der Waals surface area (Å²) in [6.45, 7) is 8.63. The number of carbonyl (C=O) groups is 1. The SMILES string of the molecule is CCC(C)(C)C1CCC(NC(C)=O)CC1. The molecule has 0 aromatic heterocycles. The van der Waals surface area contributed by atoms with Gasteiger partial charge in [0.2, 0.25) is 5.91 Å². The zero-order chi connectivity index (χ0) is 11.5. The minimum Gasteiger partial charge on any atom is -0.354 e. The van der Waals surface area contributed by atoms with E-state index in [0.29, 0.717) is 11.5 Å². The van der Waals surface area contributed by atoms with E-state index < -0.39 is 0 Å². The van der Waals surface area contributed by atoms with Crippen molar-refractivity contribution in [2.75, 3.05) is 0 Å². The van der Waals surface area contributed by atoms with Crippen molar-refractivity contribution in [3.8, 4) is 0 Å². The van der Waals surface area contributed by atoms with E-state index in [4.69, 9.17) is 0 Å². The number of amides is 1. The van der Waals surface area contributed by atoms with E-state index in [0.717, 1.165) is 18.8 Å². The van der Waals surface area contributed by atoms with Crippen LogP contribution in [0.2, 0.25) is 0 Å². The lowest BCUT2D eigenvalue weighted by Crippen LogP contribution is -2.38. The van der Waals surface area contributed by atoms with Crippen molar-refractivity contribution < 1.29 is 4.79 Å². The lowest BCUT2D eigenvalue weighted by Gasteiger charge is -2.39. The summed E-state index contributed by atoms with van der Waals surface area (Å²) in [6, 6.07) is 0.436. The van der Waals surface area contributed by atoms with Gasteiger partial charge in [-0.2, -0.15) is 0 Å². The Morgan fingerprint density at radius 2 is 1.80 bits per heavy atom. The second kappa shape index (κ2) is 5.00. The van der Waals surface area contributed by atoms with Crippen LogP contribution in [0.15, 0.2) is 0 Å². The Labute approximate surface area is 93.8 Å². The van der Waals surface area contributed by atoms with Gasteiger partial charge < -0.3 is 5.32 Å². The fraction of sp³-hybridized carbons (Fsp3) is 0.923. The Kier molecular flexibility index (Phi) is 4.18. The molecule has 1 aliphatic carbocycles. The molecule has 0 aromatic carbocycles. The monoisotopic (exact) mass is 211 g/mol. The summed E-state index contributed by atoms with van der Waals surface area (Å²) in [5, 5.41) is 3.03. The quantitative estimate of drug-likeness (QED) is 0.763. The van der Waals surface area contributed by atoms with Gasteiger partial charge in [-0.05, 0) is 37.0 Å². The third kappa shape index (κ3) is 3.51. The first-order valence-electron chi connectivity index (χ1n) is 6.23. The molecule has 0 heterocycles. The molecule has 0 aromatic rings. The van der Waals surface area contributed by atoms with Crippen molar-refractivity contribution in [3.63, 3.8) is 0 Å². The zero-order valence-corrected chi connectivity index (χ0v) is 10.6. The number of hydrogen-bond donors (Lipinski definition) is 1. The summed E-state index contributed by atoms with van der Waals surface area (Å²) in [6.07, 6.45) is 6.11. The second-order valence-electron chi connectivity index (χ2n) is 5.59. The zero-order valence-electron chi connectivity index (χ0n) is 10.6. The van der Waals surface area contributed by atoms with Crippen LogP contribution in [0.1, 0.15) is 59.8 Å². The smallest absolute Gasteiger partial charge is 0.217 e. The Hall–Kier alpha value is -0.530. The maximum absolute atomic E-state index is 10.9. The van der Waals surface area contributed by atoms with Crippen molar-refractivity contribution in [1.82, 2.24) is 5.32 Å². The molecule has 0 spiro atoms. The van der Waals surface area contributed by atoms with E-state index in [-0.39, 0.29) is 5.91 Å². The normalized spacial score (nSPS) is 27.5. The topological polar surface area (TPSA) is 29.1 Å². The van der Waals surface area contributed by atoms with E-state index in [1.807, 2.05) is 0 Å². The van der Waals surface area contributed by atoms with Crippen LogP contribution in [0.3, 0.4) is 0 Å². The molecule has 2 heteroatoms. The lowest BCUT2D eigenvalue weighted by molar-refractivity contribution is -0.120. The van der Waals surface area contributed by atoms with Gasteiger partial charge in [-0.3, -0.25) is 4.79 Å². The van der Waals surface area contributed by atoms with E-state index >= 15 is 0 Å². The van der Waals surface area contributed by atoms with Crippen molar-refractivity contribution in [1.29, 1.82) is 0 Å². The van der Waals surface area contributed by atoms with Crippen molar-refractivity contribution in [2.24, 2.45) is 11.3 Å². The van der Waals surface area contributed by atoms with Gasteiger partial charge >= 0.3 is 0 Å². The predicted molar refractivity (Wildman–Crippen MR) is 63.6 cm³/mol. The molecule has 15 heavy (non-hydrogen) atoms. The number of nitrogens with one attached hydrogen (secondary N) is 1. The molecule has 1 saturated carbocycles. The van der Waals surface area contributed by atoms with Crippen LogP contribution in [0.5, 0.6) is 0 Å². The number of hydrogen-bond acceptors (Lipinski definition) is 1. The van der Waals surface area contributed by atoms with Crippen LogP contribution in [0.25, 0.3) is 0 Å². The Morgan fingerprint density at radius 1 is 1.27 bits per heavy atom. The Balaban J connectivity index is 2.39. The Bertz CT molecular complexity index is 215. The average Bonchev–Trinajstić information content (AvgIpc) is 2.18. The van der Waals surface area contributed by atoms with E-state index in [9.17, 15) is 4.79 Å². The van der Waals surface area contributed by atoms with E-state index in [1.165, 1.54) is 19.3 Å². The highest BCUT2D eigenvalue weighted by atomic mass is 16.1. The van der Waals surface area contributed by atoms with Crippen molar-refractivity contribution in [2.45, 2.75) is 65.8 Å². The first-order chi connectivity index (χ1) is 6.95. The number of carbonyl (C=O) groups excluding carboxylic acids is 1. The molecular weight excluding hydrogens is 186 g/mol. The summed E-state index contributed by atoms with van der Waals surface area (Å²) in [5.74, 6) is 0.959. The van der Waals surface area contributed by atoms with Crippen molar-refractivity contribution in [3.05, 3.63) is 0 Å². The molecule has 0 unspecified atom stereocenters. The highest BCUT2D eigenvalue weighted by molar-refractivity contribution is 5.73. The standard InChI is InChI=1S/C13H25NO/c1-5-13(3,4)11-6-8-12(9-7-11)14-10(2)15/h11-12H,5-9H2,1-4H3,(H,14,15). The molecule has 0 saturated heterocycles. The molecule has 1 amide bonds. The van der Waals surface area contributed by atoms with Crippen LogP contribution in [0.4, 0.5) is 0 Å². The second-order valence-corrected chi connectivity index (χ2v) is 5.59. The van der Waals surface area contributed by atoms with Gasteiger partial charge in [-0.25, -0.2) is 0 Å². The number of rotatable bonds is 3. The van der Waals surface area contributed by atoms with Gasteiger partial charge in [-0.1, -0.05) is 27.2 Å². The van der Waals surface area contributed by atoms with Crippen LogP contribution in [0, 0.1) is 11.3 Å². The highest BCUT2D eigenvalue weighted by Crippen LogP contribution is 2.40. The van der Waals surface area contributed by atoms with E-state index in [2.05, 4.69) is 26.1 Å². The van der Waals surface area contributed by atoms with Gasteiger partial charge in [-0.15, -0.1) is 0 Å². The first-order valence-corrected chi connectivity index (χ1v) is 6.23. The molecule has 0 atom stereocenters. The fourth-order valence-electron chi connectivity index (χ4n) is 2.60. The maximum atomic E-state index is 10.9. The Morgan fingerprint density at radius 3 is 2.20 bits per heavy atom. The van der Waals surface area contributed by atoms with Gasteiger partial charge in [0.05, 0.1) is 0 Å². The molecule has 88 valence electrons. The summed E-state index contributed by atoms with van der Waals surface area (Å²) in [7, 11) is 0.